The summed E-state index contributed by atoms with van der Waals surface area (Å²) in [7, 11) is 0. The number of thiazole rings is 1. The number of hydrogen-bond acceptors (Lipinski definition) is 3. The van der Waals surface area contributed by atoms with Gasteiger partial charge in [0.25, 0.3) is 0 Å². The maximum atomic E-state index is 9.42. The third kappa shape index (κ3) is 2.29. The first-order valence-corrected chi connectivity index (χ1v) is 7.24. The SMILES string of the molecule is Cc1ncsc1CCn1cc(CO)c2ccccc21. The van der Waals surface area contributed by atoms with Crippen LogP contribution in [0.5, 0.6) is 0 Å². The fraction of sp³-hybridized carbons (Fsp3) is 0.267. The molecule has 0 aliphatic heterocycles. The second-order valence-corrected chi connectivity index (χ2v) is 5.57. The summed E-state index contributed by atoms with van der Waals surface area (Å²) >= 11 is 1.71. The zero-order valence-corrected chi connectivity index (χ0v) is 11.7. The van der Waals surface area contributed by atoms with Crippen LogP contribution in [-0.2, 0) is 19.6 Å². The molecule has 1 N–H and O–H groups in total. The summed E-state index contributed by atoms with van der Waals surface area (Å²) in [5.41, 5.74) is 5.21. The Balaban J connectivity index is 1.91. The molecule has 0 saturated carbocycles. The number of hydrogen-bond donors (Lipinski definition) is 1. The minimum absolute atomic E-state index is 0.0904. The summed E-state index contributed by atoms with van der Waals surface area (Å²) in [6.45, 7) is 3.06. The highest BCUT2D eigenvalue weighted by atomic mass is 32.1. The second-order valence-electron chi connectivity index (χ2n) is 4.63. The minimum Gasteiger partial charge on any atom is -0.392 e. The molecule has 1 aromatic carbocycles. The molecular weight excluding hydrogens is 256 g/mol. The molecule has 3 aromatic rings. The standard InChI is InChI=1S/C15H16N2OS/c1-11-15(19-10-16-11)6-7-17-8-12(9-18)13-4-2-3-5-14(13)17/h2-5,8,10,18H,6-7,9H2,1H3. The molecule has 0 unspecified atom stereocenters. The molecular formula is C15H16N2OS. The van der Waals surface area contributed by atoms with Gasteiger partial charge in [-0.25, -0.2) is 4.98 Å². The Bertz CT molecular complexity index is 699. The van der Waals surface area contributed by atoms with Gasteiger partial charge >= 0.3 is 0 Å². The smallest absolute Gasteiger partial charge is 0.0797 e. The van der Waals surface area contributed by atoms with Crippen molar-refractivity contribution in [1.29, 1.82) is 0 Å². The van der Waals surface area contributed by atoms with Crippen LogP contribution in [0.2, 0.25) is 0 Å². The molecule has 0 aliphatic carbocycles. The van der Waals surface area contributed by atoms with Crippen LogP contribution in [0.3, 0.4) is 0 Å². The van der Waals surface area contributed by atoms with E-state index < -0.39 is 0 Å². The Kier molecular flexibility index (Phi) is 3.36. The van der Waals surface area contributed by atoms with Crippen LogP contribution in [0.25, 0.3) is 10.9 Å². The number of aromatic nitrogens is 2. The van der Waals surface area contributed by atoms with Crippen molar-refractivity contribution in [2.75, 3.05) is 0 Å². The molecule has 2 aromatic heterocycles. The van der Waals surface area contributed by atoms with Crippen molar-refractivity contribution in [2.45, 2.75) is 26.5 Å². The highest BCUT2D eigenvalue weighted by Crippen LogP contribution is 2.22. The van der Waals surface area contributed by atoms with Crippen LogP contribution < -0.4 is 0 Å². The third-order valence-electron chi connectivity index (χ3n) is 3.47. The van der Waals surface area contributed by atoms with E-state index >= 15 is 0 Å². The molecule has 0 amide bonds. The van der Waals surface area contributed by atoms with E-state index in [1.54, 1.807) is 11.3 Å². The van der Waals surface area contributed by atoms with E-state index in [9.17, 15) is 5.11 Å². The van der Waals surface area contributed by atoms with Crippen molar-refractivity contribution in [3.05, 3.63) is 52.1 Å². The van der Waals surface area contributed by atoms with Gasteiger partial charge in [-0.2, -0.15) is 0 Å². The first-order chi connectivity index (χ1) is 9.29. The maximum Gasteiger partial charge on any atom is 0.0797 e. The number of aliphatic hydroxyl groups is 1. The first kappa shape index (κ1) is 12.4. The van der Waals surface area contributed by atoms with Gasteiger partial charge < -0.3 is 9.67 Å². The number of aliphatic hydroxyl groups excluding tert-OH is 1. The van der Waals surface area contributed by atoms with Gasteiger partial charge in [0.1, 0.15) is 0 Å². The number of nitrogens with zero attached hydrogens (tertiary/aromatic N) is 2. The first-order valence-electron chi connectivity index (χ1n) is 6.36. The lowest BCUT2D eigenvalue weighted by atomic mass is 10.2. The monoisotopic (exact) mass is 272 g/mol. The molecule has 19 heavy (non-hydrogen) atoms. The number of aryl methyl sites for hydroxylation is 3. The van der Waals surface area contributed by atoms with Crippen LogP contribution in [0.15, 0.2) is 36.0 Å². The Morgan fingerprint density at radius 3 is 2.89 bits per heavy atom. The van der Waals surface area contributed by atoms with E-state index in [0.717, 1.165) is 29.6 Å². The number of para-hydroxylation sites is 1. The lowest BCUT2D eigenvalue weighted by Crippen LogP contribution is -1.99. The molecule has 3 nitrogen and oxygen atoms in total. The molecule has 4 heteroatoms. The van der Waals surface area contributed by atoms with E-state index in [-0.39, 0.29) is 6.61 Å². The Morgan fingerprint density at radius 2 is 2.16 bits per heavy atom. The molecule has 0 spiro atoms. The van der Waals surface area contributed by atoms with Crippen molar-refractivity contribution in [3.63, 3.8) is 0 Å². The van der Waals surface area contributed by atoms with Gasteiger partial charge in [-0.15, -0.1) is 11.3 Å². The van der Waals surface area contributed by atoms with Crippen LogP contribution in [-0.4, -0.2) is 14.7 Å². The van der Waals surface area contributed by atoms with Gasteiger partial charge in [-0.1, -0.05) is 18.2 Å². The van der Waals surface area contributed by atoms with Crippen LogP contribution in [0.1, 0.15) is 16.1 Å². The normalized spacial score (nSPS) is 11.3. The fourth-order valence-corrected chi connectivity index (χ4v) is 3.19. The molecule has 0 bridgehead atoms. The molecule has 98 valence electrons. The summed E-state index contributed by atoms with van der Waals surface area (Å²) in [5.74, 6) is 0. The van der Waals surface area contributed by atoms with Gasteiger partial charge in [0.2, 0.25) is 0 Å². The highest BCUT2D eigenvalue weighted by molar-refractivity contribution is 7.09. The highest BCUT2D eigenvalue weighted by Gasteiger charge is 2.08. The largest absolute Gasteiger partial charge is 0.392 e. The van der Waals surface area contributed by atoms with Gasteiger partial charge in [0.05, 0.1) is 17.8 Å². The van der Waals surface area contributed by atoms with Crippen molar-refractivity contribution >= 4 is 22.2 Å². The zero-order valence-electron chi connectivity index (χ0n) is 10.8. The predicted octanol–water partition coefficient (Wildman–Crippen LogP) is 3.14. The zero-order chi connectivity index (χ0) is 13.2. The number of fused-ring (bicyclic) bond motifs is 1. The molecule has 0 radical (unpaired) electrons. The van der Waals surface area contributed by atoms with E-state index in [2.05, 4.69) is 34.8 Å². The molecule has 0 atom stereocenters. The molecule has 2 heterocycles. The minimum atomic E-state index is 0.0904. The Morgan fingerprint density at radius 1 is 1.32 bits per heavy atom. The van der Waals surface area contributed by atoms with Crippen molar-refractivity contribution in [1.82, 2.24) is 9.55 Å². The predicted molar refractivity (Wildman–Crippen MR) is 78.4 cm³/mol. The van der Waals surface area contributed by atoms with E-state index in [1.807, 2.05) is 17.6 Å². The van der Waals surface area contributed by atoms with Crippen molar-refractivity contribution < 1.29 is 5.11 Å². The lowest BCUT2D eigenvalue weighted by molar-refractivity contribution is 0.283. The maximum absolute atomic E-state index is 9.42. The average molecular weight is 272 g/mol. The summed E-state index contributed by atoms with van der Waals surface area (Å²) in [4.78, 5) is 5.62. The van der Waals surface area contributed by atoms with Gasteiger partial charge in [0, 0.05) is 40.5 Å². The second kappa shape index (κ2) is 5.15. The van der Waals surface area contributed by atoms with Crippen LogP contribution in [0, 0.1) is 6.92 Å². The molecule has 0 fully saturated rings. The van der Waals surface area contributed by atoms with Crippen LogP contribution in [0.4, 0.5) is 0 Å². The third-order valence-corrected chi connectivity index (χ3v) is 4.46. The van der Waals surface area contributed by atoms with Crippen LogP contribution >= 0.6 is 11.3 Å². The summed E-state index contributed by atoms with van der Waals surface area (Å²) in [6.07, 6.45) is 3.04. The van der Waals surface area contributed by atoms with E-state index in [1.165, 1.54) is 10.4 Å². The van der Waals surface area contributed by atoms with Gasteiger partial charge in [-0.05, 0) is 13.0 Å². The van der Waals surface area contributed by atoms with Gasteiger partial charge in [0.15, 0.2) is 0 Å². The summed E-state index contributed by atoms with van der Waals surface area (Å²) < 4.78 is 2.22. The number of rotatable bonds is 4. The van der Waals surface area contributed by atoms with E-state index in [0.29, 0.717) is 0 Å². The topological polar surface area (TPSA) is 38.0 Å². The summed E-state index contributed by atoms with van der Waals surface area (Å²) in [5, 5.41) is 10.6. The van der Waals surface area contributed by atoms with Gasteiger partial charge in [-0.3, -0.25) is 0 Å². The molecule has 0 aliphatic rings. The fourth-order valence-electron chi connectivity index (χ4n) is 2.42. The Labute approximate surface area is 116 Å². The molecule has 3 rings (SSSR count). The lowest BCUT2D eigenvalue weighted by Gasteiger charge is -2.04. The molecule has 0 saturated heterocycles. The average Bonchev–Trinajstić information content (AvgIpc) is 3.00. The van der Waals surface area contributed by atoms with Crippen molar-refractivity contribution in [2.24, 2.45) is 0 Å². The summed E-state index contributed by atoms with van der Waals surface area (Å²) in [6, 6.07) is 8.22. The number of benzene rings is 1. The quantitative estimate of drug-likeness (QED) is 0.792. The van der Waals surface area contributed by atoms with Crippen molar-refractivity contribution in [3.8, 4) is 0 Å². The van der Waals surface area contributed by atoms with E-state index in [4.69, 9.17) is 0 Å². The Hall–Kier alpha value is -1.65.